The van der Waals surface area contributed by atoms with E-state index in [1.54, 1.807) is 12.3 Å². The van der Waals surface area contributed by atoms with Gasteiger partial charge in [-0.3, -0.25) is 0 Å². The fourth-order valence-electron chi connectivity index (χ4n) is 5.06. The van der Waals surface area contributed by atoms with Gasteiger partial charge in [-0.2, -0.15) is 27.8 Å². The molecule has 0 aromatic carbocycles. The molecule has 0 radical (unpaired) electrons. The van der Waals surface area contributed by atoms with Crippen LogP contribution in [0.3, 0.4) is 0 Å². The molecule has 0 spiro atoms. The molecule has 3 aromatic rings. The van der Waals surface area contributed by atoms with Crippen LogP contribution in [0.25, 0.3) is 5.65 Å². The molecule has 182 valence electrons. The predicted octanol–water partition coefficient (Wildman–Crippen LogP) is 4.56. The summed E-state index contributed by atoms with van der Waals surface area (Å²) in [6.45, 7) is 4.29. The van der Waals surface area contributed by atoms with Crippen LogP contribution in [0, 0.1) is 11.8 Å². The molecule has 0 amide bonds. The van der Waals surface area contributed by atoms with Gasteiger partial charge in [0.15, 0.2) is 17.4 Å². The number of alkyl halides is 3. The SMILES string of the molecule is CC(C)c1ccc(OCC(F)(F)F)n2nc(NC3C4CCC3CN(c3cnnc(Cl)c3)C4)nc12. The molecule has 8 nitrogen and oxygen atoms in total. The highest BCUT2D eigenvalue weighted by atomic mass is 35.5. The Balaban J connectivity index is 1.38. The van der Waals surface area contributed by atoms with Crippen molar-refractivity contribution in [2.75, 3.05) is 29.9 Å². The highest BCUT2D eigenvalue weighted by Crippen LogP contribution is 2.40. The Kier molecular flexibility index (Phi) is 5.91. The molecule has 5 rings (SSSR count). The van der Waals surface area contributed by atoms with E-state index in [2.05, 4.69) is 30.5 Å². The quantitative estimate of drug-likeness (QED) is 0.536. The minimum atomic E-state index is -4.44. The first kappa shape index (κ1) is 22.9. The Hall–Kier alpha value is -2.82. The molecular weight excluding hydrogens is 471 g/mol. The molecule has 1 aliphatic heterocycles. The summed E-state index contributed by atoms with van der Waals surface area (Å²) in [7, 11) is 0. The van der Waals surface area contributed by atoms with Crippen LogP contribution in [0.1, 0.15) is 38.2 Å². The van der Waals surface area contributed by atoms with Crippen LogP contribution in [0.2, 0.25) is 5.15 Å². The van der Waals surface area contributed by atoms with E-state index < -0.39 is 12.8 Å². The lowest BCUT2D eigenvalue weighted by molar-refractivity contribution is -0.154. The molecule has 1 saturated heterocycles. The zero-order valence-electron chi connectivity index (χ0n) is 18.8. The number of piperidine rings is 1. The van der Waals surface area contributed by atoms with Gasteiger partial charge in [-0.25, -0.2) is 0 Å². The number of rotatable bonds is 6. The van der Waals surface area contributed by atoms with Gasteiger partial charge in [0.05, 0.1) is 11.9 Å². The van der Waals surface area contributed by atoms with Gasteiger partial charge in [-0.15, -0.1) is 10.2 Å². The molecule has 1 aliphatic carbocycles. The molecule has 12 heteroatoms. The summed E-state index contributed by atoms with van der Waals surface area (Å²) in [5.74, 6) is 1.26. The topological polar surface area (TPSA) is 80.5 Å². The highest BCUT2D eigenvalue weighted by molar-refractivity contribution is 6.29. The summed E-state index contributed by atoms with van der Waals surface area (Å²) in [6.07, 6.45) is -0.587. The van der Waals surface area contributed by atoms with Crippen LogP contribution >= 0.6 is 11.6 Å². The van der Waals surface area contributed by atoms with Gasteiger partial charge >= 0.3 is 6.18 Å². The maximum absolute atomic E-state index is 12.7. The number of pyridine rings is 1. The van der Waals surface area contributed by atoms with Crippen LogP contribution in [0.4, 0.5) is 24.8 Å². The average Bonchev–Trinajstić information content (AvgIpc) is 3.28. The van der Waals surface area contributed by atoms with Crippen molar-refractivity contribution >= 4 is 28.9 Å². The van der Waals surface area contributed by atoms with Crippen LogP contribution in [0.15, 0.2) is 24.4 Å². The first-order valence-corrected chi connectivity index (χ1v) is 11.6. The smallest absolute Gasteiger partial charge is 0.422 e. The lowest BCUT2D eigenvalue weighted by atomic mass is 9.92. The fourth-order valence-corrected chi connectivity index (χ4v) is 5.21. The molecule has 2 fully saturated rings. The van der Waals surface area contributed by atoms with E-state index in [0.717, 1.165) is 37.2 Å². The average molecular weight is 496 g/mol. The minimum Gasteiger partial charge on any atom is -0.468 e. The number of ether oxygens (including phenoxy) is 1. The van der Waals surface area contributed by atoms with Crippen molar-refractivity contribution < 1.29 is 17.9 Å². The second-order valence-electron chi connectivity index (χ2n) is 9.27. The van der Waals surface area contributed by atoms with E-state index >= 15 is 0 Å². The molecule has 3 aromatic heterocycles. The maximum Gasteiger partial charge on any atom is 0.422 e. The molecule has 2 unspecified atom stereocenters. The van der Waals surface area contributed by atoms with Crippen LogP contribution in [-0.4, -0.2) is 56.7 Å². The number of nitrogens with zero attached hydrogens (tertiary/aromatic N) is 6. The van der Waals surface area contributed by atoms with Gasteiger partial charge in [0.2, 0.25) is 11.8 Å². The van der Waals surface area contributed by atoms with Crippen LogP contribution in [-0.2, 0) is 0 Å². The predicted molar refractivity (Wildman–Crippen MR) is 122 cm³/mol. The number of aromatic nitrogens is 5. The lowest BCUT2D eigenvalue weighted by Gasteiger charge is -2.39. The molecule has 34 heavy (non-hydrogen) atoms. The molecule has 1 saturated carbocycles. The second-order valence-corrected chi connectivity index (χ2v) is 9.65. The van der Waals surface area contributed by atoms with E-state index in [-0.39, 0.29) is 17.8 Å². The zero-order valence-corrected chi connectivity index (χ0v) is 19.5. The van der Waals surface area contributed by atoms with Gasteiger partial charge in [-0.05, 0) is 42.2 Å². The van der Waals surface area contributed by atoms with E-state index in [4.69, 9.17) is 16.3 Å². The highest BCUT2D eigenvalue weighted by Gasteiger charge is 2.42. The number of fused-ring (bicyclic) bond motifs is 3. The van der Waals surface area contributed by atoms with Crippen LogP contribution in [0.5, 0.6) is 5.88 Å². The molecule has 2 bridgehead atoms. The van der Waals surface area contributed by atoms with Crippen molar-refractivity contribution in [3.63, 3.8) is 0 Å². The number of hydrogen-bond acceptors (Lipinski definition) is 7. The number of halogens is 4. The van der Waals surface area contributed by atoms with Crippen molar-refractivity contribution in [1.82, 2.24) is 24.8 Å². The van der Waals surface area contributed by atoms with Crippen molar-refractivity contribution in [2.45, 2.75) is 44.8 Å². The first-order chi connectivity index (χ1) is 16.2. The Labute approximate surface area is 199 Å². The number of nitrogens with one attached hydrogen (secondary N) is 1. The second kappa shape index (κ2) is 8.75. The van der Waals surface area contributed by atoms with E-state index in [1.165, 1.54) is 10.6 Å². The van der Waals surface area contributed by atoms with E-state index in [1.807, 2.05) is 19.9 Å². The Morgan fingerprint density at radius 2 is 1.94 bits per heavy atom. The Morgan fingerprint density at radius 3 is 2.59 bits per heavy atom. The third-order valence-corrected chi connectivity index (χ3v) is 6.77. The molecule has 2 atom stereocenters. The summed E-state index contributed by atoms with van der Waals surface area (Å²) in [6, 6.07) is 5.26. The van der Waals surface area contributed by atoms with E-state index in [0.29, 0.717) is 28.6 Å². The Morgan fingerprint density at radius 1 is 1.21 bits per heavy atom. The zero-order chi connectivity index (χ0) is 24.0. The molecule has 1 N–H and O–H groups in total. The minimum absolute atomic E-state index is 0.0112. The third-order valence-electron chi connectivity index (χ3n) is 6.59. The molecule has 4 heterocycles. The van der Waals surface area contributed by atoms with Crippen molar-refractivity contribution in [3.8, 4) is 5.88 Å². The van der Waals surface area contributed by atoms with Crippen LogP contribution < -0.4 is 15.0 Å². The van der Waals surface area contributed by atoms with E-state index in [9.17, 15) is 13.2 Å². The van der Waals surface area contributed by atoms with Crippen molar-refractivity contribution in [3.05, 3.63) is 35.1 Å². The van der Waals surface area contributed by atoms with Gasteiger partial charge in [0.25, 0.3) is 0 Å². The summed E-state index contributed by atoms with van der Waals surface area (Å²) in [5, 5.41) is 16.1. The largest absolute Gasteiger partial charge is 0.468 e. The maximum atomic E-state index is 12.7. The van der Waals surface area contributed by atoms with Gasteiger partial charge in [0, 0.05) is 31.3 Å². The van der Waals surface area contributed by atoms with Gasteiger partial charge in [0.1, 0.15) is 0 Å². The summed E-state index contributed by atoms with van der Waals surface area (Å²) in [5.41, 5.74) is 2.34. The normalized spacial score (nSPS) is 22.6. The monoisotopic (exact) mass is 495 g/mol. The van der Waals surface area contributed by atoms with Gasteiger partial charge < -0.3 is 15.0 Å². The molecule has 2 aliphatic rings. The molecular formula is C22H25ClF3N7O. The third kappa shape index (κ3) is 4.57. The lowest BCUT2D eigenvalue weighted by Crippen LogP contribution is -2.48. The Bertz CT molecular complexity index is 1170. The van der Waals surface area contributed by atoms with Crippen molar-refractivity contribution in [2.24, 2.45) is 11.8 Å². The first-order valence-electron chi connectivity index (χ1n) is 11.3. The van der Waals surface area contributed by atoms with Crippen molar-refractivity contribution in [1.29, 1.82) is 0 Å². The number of anilines is 2. The van der Waals surface area contributed by atoms with Gasteiger partial charge in [-0.1, -0.05) is 25.4 Å². The fraction of sp³-hybridized carbons (Fsp3) is 0.545. The summed E-state index contributed by atoms with van der Waals surface area (Å²) in [4.78, 5) is 6.92. The summed E-state index contributed by atoms with van der Waals surface area (Å²) >= 11 is 6.02. The number of hydrogen-bond donors (Lipinski definition) is 1. The summed E-state index contributed by atoms with van der Waals surface area (Å²) < 4.78 is 44.6. The standard InChI is InChI=1S/C22H25ClF3N7O/c1-12(2)16-5-6-18(34-11-22(24,25)26)33-20(16)29-21(31-33)28-19-13-3-4-14(19)10-32(9-13)15-7-17(23)30-27-8-15/h5-8,12-14,19H,3-4,9-11H2,1-2H3,(H,28,31).